The van der Waals surface area contributed by atoms with Crippen molar-refractivity contribution in [2.75, 3.05) is 5.32 Å². The molecule has 0 saturated heterocycles. The van der Waals surface area contributed by atoms with Crippen LogP contribution in [-0.2, 0) is 6.54 Å². The molecule has 6 heteroatoms. The Bertz CT molecular complexity index is 663. The molecule has 4 nitrogen and oxygen atoms in total. The van der Waals surface area contributed by atoms with Crippen LogP contribution in [0.3, 0.4) is 0 Å². The molecule has 0 radical (unpaired) electrons. The number of nitrogens with zero attached hydrogens (tertiary/aromatic N) is 2. The summed E-state index contributed by atoms with van der Waals surface area (Å²) in [6.45, 7) is 0.670. The van der Waals surface area contributed by atoms with Gasteiger partial charge in [0.05, 0.1) is 18.4 Å². The largest absolute Gasteiger partial charge is 0.379 e. The van der Waals surface area contributed by atoms with E-state index in [1.165, 1.54) is 11.3 Å². The summed E-state index contributed by atoms with van der Waals surface area (Å²) in [6.07, 6.45) is 3.41. The Morgan fingerprint density at radius 1 is 1.32 bits per heavy atom. The lowest BCUT2D eigenvalue weighted by molar-refractivity contribution is 1.09. The fourth-order valence-electron chi connectivity index (χ4n) is 1.76. The van der Waals surface area contributed by atoms with Gasteiger partial charge in [0, 0.05) is 17.4 Å². The summed E-state index contributed by atoms with van der Waals surface area (Å²) in [7, 11) is 0. The van der Waals surface area contributed by atoms with Crippen molar-refractivity contribution in [2.45, 2.75) is 6.54 Å². The second-order valence-electron chi connectivity index (χ2n) is 3.96. The lowest BCUT2D eigenvalue weighted by Crippen LogP contribution is -1.98. The number of thiazole rings is 1. The zero-order chi connectivity index (χ0) is 13.1. The molecule has 2 aromatic heterocycles. The molecule has 0 spiro atoms. The molecule has 0 bridgehead atoms. The van der Waals surface area contributed by atoms with E-state index in [9.17, 15) is 0 Å². The molecule has 2 N–H and O–H groups in total. The average Bonchev–Trinajstić information content (AvgIpc) is 3.08. The van der Waals surface area contributed by atoms with E-state index in [4.69, 9.17) is 11.6 Å². The zero-order valence-electron chi connectivity index (χ0n) is 9.93. The van der Waals surface area contributed by atoms with E-state index in [0.29, 0.717) is 10.9 Å². The number of hydrogen-bond donors (Lipinski definition) is 2. The predicted molar refractivity (Wildman–Crippen MR) is 78.5 cm³/mol. The molecule has 2 heterocycles. The van der Waals surface area contributed by atoms with Crippen LogP contribution in [0.4, 0.5) is 5.69 Å². The van der Waals surface area contributed by atoms with Crippen LogP contribution in [0.25, 0.3) is 11.3 Å². The van der Waals surface area contributed by atoms with Gasteiger partial charge in [-0.05, 0) is 18.2 Å². The monoisotopic (exact) mass is 290 g/mol. The number of aromatic nitrogens is 3. The number of H-pyrrole nitrogens is 1. The average molecular weight is 291 g/mol. The van der Waals surface area contributed by atoms with Gasteiger partial charge in [-0.25, -0.2) is 4.98 Å². The number of hydrogen-bond acceptors (Lipinski definition) is 4. The SMILES string of the molecule is Clc1cnc(CNc2cccc(-c3ccn[nH]3)c2)s1. The first-order chi connectivity index (χ1) is 9.31. The van der Waals surface area contributed by atoms with Gasteiger partial charge in [-0.15, -0.1) is 11.3 Å². The summed E-state index contributed by atoms with van der Waals surface area (Å²) in [5.74, 6) is 0. The summed E-state index contributed by atoms with van der Waals surface area (Å²) >= 11 is 7.34. The number of anilines is 1. The number of benzene rings is 1. The summed E-state index contributed by atoms with van der Waals surface area (Å²) in [6, 6.07) is 10.1. The van der Waals surface area contributed by atoms with Crippen LogP contribution in [0.15, 0.2) is 42.7 Å². The minimum atomic E-state index is 0.670. The molecule has 0 amide bonds. The first kappa shape index (κ1) is 12.2. The van der Waals surface area contributed by atoms with Gasteiger partial charge >= 0.3 is 0 Å². The Morgan fingerprint density at radius 2 is 2.26 bits per heavy atom. The van der Waals surface area contributed by atoms with Gasteiger partial charge in [0.25, 0.3) is 0 Å². The molecule has 0 aliphatic carbocycles. The Labute approximate surface area is 119 Å². The van der Waals surface area contributed by atoms with E-state index in [-0.39, 0.29) is 0 Å². The van der Waals surface area contributed by atoms with E-state index in [1.54, 1.807) is 12.4 Å². The third-order valence-electron chi connectivity index (χ3n) is 2.64. The Hall–Kier alpha value is -1.85. The van der Waals surface area contributed by atoms with Crippen LogP contribution in [0.1, 0.15) is 5.01 Å². The van der Waals surface area contributed by atoms with Gasteiger partial charge in [-0.3, -0.25) is 5.10 Å². The molecule has 19 heavy (non-hydrogen) atoms. The summed E-state index contributed by atoms with van der Waals surface area (Å²) in [5, 5.41) is 11.2. The highest BCUT2D eigenvalue weighted by Crippen LogP contribution is 2.22. The van der Waals surface area contributed by atoms with Gasteiger partial charge in [-0.1, -0.05) is 23.7 Å². The second kappa shape index (κ2) is 5.42. The predicted octanol–water partition coefficient (Wildman–Crippen LogP) is 3.80. The van der Waals surface area contributed by atoms with Crippen LogP contribution in [-0.4, -0.2) is 15.2 Å². The molecule has 3 aromatic rings. The van der Waals surface area contributed by atoms with Crippen molar-refractivity contribution in [3.8, 4) is 11.3 Å². The normalized spacial score (nSPS) is 10.6. The van der Waals surface area contributed by atoms with Gasteiger partial charge < -0.3 is 5.32 Å². The van der Waals surface area contributed by atoms with E-state index in [0.717, 1.165) is 22.0 Å². The molecule has 0 aliphatic rings. The Kier molecular flexibility index (Phi) is 3.48. The molecule has 0 fully saturated rings. The summed E-state index contributed by atoms with van der Waals surface area (Å²) < 4.78 is 0.711. The quantitative estimate of drug-likeness (QED) is 0.768. The van der Waals surface area contributed by atoms with Crippen molar-refractivity contribution < 1.29 is 0 Å². The van der Waals surface area contributed by atoms with Crippen LogP contribution in [0.2, 0.25) is 4.34 Å². The number of nitrogens with one attached hydrogen (secondary N) is 2. The molecular formula is C13H11ClN4S. The molecule has 1 aromatic carbocycles. The Morgan fingerprint density at radius 3 is 3.00 bits per heavy atom. The lowest BCUT2D eigenvalue weighted by Gasteiger charge is -2.06. The van der Waals surface area contributed by atoms with Crippen molar-refractivity contribution in [3.63, 3.8) is 0 Å². The number of aromatic amines is 1. The molecular weight excluding hydrogens is 280 g/mol. The van der Waals surface area contributed by atoms with E-state index >= 15 is 0 Å². The standard InChI is InChI=1S/C13H11ClN4S/c14-12-7-16-13(19-12)8-15-10-3-1-2-9(6-10)11-4-5-17-18-11/h1-7,15H,8H2,(H,17,18). The maximum absolute atomic E-state index is 5.85. The van der Waals surface area contributed by atoms with E-state index in [2.05, 4.69) is 26.6 Å². The van der Waals surface area contributed by atoms with Gasteiger partial charge in [-0.2, -0.15) is 5.10 Å². The smallest absolute Gasteiger partial charge is 0.113 e. The minimum Gasteiger partial charge on any atom is -0.379 e. The highest BCUT2D eigenvalue weighted by atomic mass is 35.5. The third-order valence-corrected chi connectivity index (χ3v) is 3.76. The number of rotatable bonds is 4. The van der Waals surface area contributed by atoms with Crippen molar-refractivity contribution in [3.05, 3.63) is 52.1 Å². The fraction of sp³-hybridized carbons (Fsp3) is 0.0769. The molecule has 0 atom stereocenters. The maximum Gasteiger partial charge on any atom is 0.113 e. The van der Waals surface area contributed by atoms with Crippen molar-refractivity contribution in [2.24, 2.45) is 0 Å². The minimum absolute atomic E-state index is 0.670. The number of halogens is 1. The highest BCUT2D eigenvalue weighted by molar-refractivity contribution is 7.15. The van der Waals surface area contributed by atoms with Crippen molar-refractivity contribution in [1.29, 1.82) is 0 Å². The fourth-order valence-corrected chi connectivity index (χ4v) is 2.66. The van der Waals surface area contributed by atoms with Crippen LogP contribution >= 0.6 is 22.9 Å². The molecule has 0 saturated carbocycles. The summed E-state index contributed by atoms with van der Waals surface area (Å²) in [4.78, 5) is 4.21. The Balaban J connectivity index is 1.73. The third kappa shape index (κ3) is 2.94. The van der Waals surface area contributed by atoms with E-state index in [1.807, 2.05) is 24.3 Å². The molecule has 0 aliphatic heterocycles. The van der Waals surface area contributed by atoms with Gasteiger partial charge in [0.15, 0.2) is 0 Å². The van der Waals surface area contributed by atoms with Crippen LogP contribution < -0.4 is 5.32 Å². The van der Waals surface area contributed by atoms with Crippen molar-refractivity contribution in [1.82, 2.24) is 15.2 Å². The van der Waals surface area contributed by atoms with Gasteiger partial charge in [0.1, 0.15) is 9.34 Å². The first-order valence-corrected chi connectivity index (χ1v) is 6.94. The van der Waals surface area contributed by atoms with Crippen LogP contribution in [0.5, 0.6) is 0 Å². The highest BCUT2D eigenvalue weighted by Gasteiger charge is 2.02. The molecule has 0 unspecified atom stereocenters. The van der Waals surface area contributed by atoms with Gasteiger partial charge in [0.2, 0.25) is 0 Å². The molecule has 3 rings (SSSR count). The van der Waals surface area contributed by atoms with Crippen LogP contribution in [0, 0.1) is 0 Å². The van der Waals surface area contributed by atoms with E-state index < -0.39 is 0 Å². The lowest BCUT2D eigenvalue weighted by atomic mass is 10.1. The summed E-state index contributed by atoms with van der Waals surface area (Å²) in [5.41, 5.74) is 3.14. The van der Waals surface area contributed by atoms with Crippen molar-refractivity contribution >= 4 is 28.6 Å². The maximum atomic E-state index is 5.85. The zero-order valence-corrected chi connectivity index (χ0v) is 11.5. The first-order valence-electron chi connectivity index (χ1n) is 5.75. The molecule has 96 valence electrons. The topological polar surface area (TPSA) is 53.6 Å². The second-order valence-corrected chi connectivity index (χ2v) is 5.71.